The molecule has 0 aromatic rings. The first-order valence-corrected chi connectivity index (χ1v) is 4.58. The van der Waals surface area contributed by atoms with Crippen LogP contribution in [0.3, 0.4) is 0 Å². The molecule has 0 aliphatic carbocycles. The second-order valence-corrected chi connectivity index (χ2v) is 3.76. The molecule has 0 radical (unpaired) electrons. The second-order valence-electron chi connectivity index (χ2n) is 3.76. The summed E-state index contributed by atoms with van der Waals surface area (Å²) in [6.45, 7) is 4.05. The predicted molar refractivity (Wildman–Crippen MR) is 53.0 cm³/mol. The van der Waals surface area contributed by atoms with Gasteiger partial charge in [0.2, 0.25) is 0 Å². The van der Waals surface area contributed by atoms with E-state index < -0.39 is 0 Å². The maximum atomic E-state index is 11.1. The summed E-state index contributed by atoms with van der Waals surface area (Å²) in [5.74, 6) is 0.0398. The predicted octanol–water partition coefficient (Wildman–Crippen LogP) is 0.921. The SMILES string of the molecule is CC(C)C1=C2NC(=O)C=C(O)C2N=C1. The smallest absolute Gasteiger partial charge is 0.251 e. The Hall–Kier alpha value is -1.58. The lowest BCUT2D eigenvalue weighted by Gasteiger charge is -2.19. The van der Waals surface area contributed by atoms with Crippen LogP contribution in [0.1, 0.15) is 13.8 Å². The molecule has 0 aromatic heterocycles. The fourth-order valence-corrected chi connectivity index (χ4v) is 1.66. The van der Waals surface area contributed by atoms with E-state index >= 15 is 0 Å². The Balaban J connectivity index is 2.44. The van der Waals surface area contributed by atoms with Gasteiger partial charge >= 0.3 is 0 Å². The van der Waals surface area contributed by atoms with E-state index in [1.54, 1.807) is 6.21 Å². The van der Waals surface area contributed by atoms with Crippen LogP contribution < -0.4 is 5.32 Å². The molecule has 0 fully saturated rings. The van der Waals surface area contributed by atoms with Crippen LogP contribution in [0, 0.1) is 5.92 Å². The van der Waals surface area contributed by atoms with Gasteiger partial charge < -0.3 is 10.4 Å². The van der Waals surface area contributed by atoms with Crippen molar-refractivity contribution in [2.75, 3.05) is 0 Å². The molecule has 14 heavy (non-hydrogen) atoms. The van der Waals surface area contributed by atoms with Gasteiger partial charge in [-0.3, -0.25) is 9.79 Å². The van der Waals surface area contributed by atoms with E-state index in [9.17, 15) is 9.90 Å². The Morgan fingerprint density at radius 2 is 2.29 bits per heavy atom. The van der Waals surface area contributed by atoms with Gasteiger partial charge in [0.1, 0.15) is 11.8 Å². The summed E-state index contributed by atoms with van der Waals surface area (Å²) in [5.41, 5.74) is 1.72. The van der Waals surface area contributed by atoms with Crippen molar-refractivity contribution in [2.45, 2.75) is 19.9 Å². The minimum absolute atomic E-state index is 0.0238. The molecule has 1 atom stereocenters. The molecule has 4 nitrogen and oxygen atoms in total. The van der Waals surface area contributed by atoms with Gasteiger partial charge in [-0.2, -0.15) is 0 Å². The Morgan fingerprint density at radius 3 is 2.93 bits per heavy atom. The lowest BCUT2D eigenvalue weighted by Crippen LogP contribution is -2.34. The van der Waals surface area contributed by atoms with Crippen LogP contribution >= 0.6 is 0 Å². The molecule has 0 saturated carbocycles. The van der Waals surface area contributed by atoms with E-state index in [0.29, 0.717) is 5.92 Å². The molecule has 2 aliphatic heterocycles. The summed E-state index contributed by atoms with van der Waals surface area (Å²) in [5, 5.41) is 12.2. The van der Waals surface area contributed by atoms with E-state index in [4.69, 9.17) is 0 Å². The number of aliphatic hydroxyl groups excluding tert-OH is 1. The number of rotatable bonds is 1. The molecule has 2 aliphatic rings. The van der Waals surface area contributed by atoms with Crippen molar-refractivity contribution in [1.82, 2.24) is 5.32 Å². The maximum Gasteiger partial charge on any atom is 0.251 e. The van der Waals surface area contributed by atoms with Crippen LogP contribution in [0.25, 0.3) is 0 Å². The van der Waals surface area contributed by atoms with Gasteiger partial charge in [0.25, 0.3) is 5.91 Å². The lowest BCUT2D eigenvalue weighted by atomic mass is 9.99. The zero-order chi connectivity index (χ0) is 10.3. The molecule has 1 unspecified atom stereocenters. The van der Waals surface area contributed by atoms with Crippen molar-refractivity contribution < 1.29 is 9.90 Å². The van der Waals surface area contributed by atoms with Gasteiger partial charge in [-0.1, -0.05) is 13.8 Å². The van der Waals surface area contributed by atoms with Crippen LogP contribution in [0.4, 0.5) is 0 Å². The summed E-state index contributed by atoms with van der Waals surface area (Å²) in [6.07, 6.45) is 2.90. The van der Waals surface area contributed by atoms with Gasteiger partial charge in [0.15, 0.2) is 0 Å². The largest absolute Gasteiger partial charge is 0.509 e. The normalized spacial score (nSPS) is 25.2. The number of hydrogen-bond donors (Lipinski definition) is 2. The number of carbonyl (C=O) groups excluding carboxylic acids is 1. The molecule has 0 bridgehead atoms. The number of allylic oxidation sites excluding steroid dienone is 1. The molecule has 1 amide bonds. The number of nitrogens with one attached hydrogen (secondary N) is 1. The van der Waals surface area contributed by atoms with Crippen LogP contribution in [0.5, 0.6) is 0 Å². The van der Waals surface area contributed by atoms with Crippen molar-refractivity contribution in [3.8, 4) is 0 Å². The number of carbonyl (C=O) groups is 1. The fourth-order valence-electron chi connectivity index (χ4n) is 1.66. The number of fused-ring (bicyclic) bond motifs is 1. The van der Waals surface area contributed by atoms with Gasteiger partial charge in [0, 0.05) is 12.3 Å². The van der Waals surface area contributed by atoms with Gasteiger partial charge in [-0.25, -0.2) is 0 Å². The van der Waals surface area contributed by atoms with Crippen molar-refractivity contribution >= 4 is 12.1 Å². The van der Waals surface area contributed by atoms with Gasteiger partial charge in [-0.05, 0) is 11.5 Å². The van der Waals surface area contributed by atoms with Gasteiger partial charge in [0.05, 0.1) is 5.70 Å². The first-order chi connectivity index (χ1) is 6.59. The van der Waals surface area contributed by atoms with Crippen LogP contribution in [-0.2, 0) is 4.79 Å². The molecular weight excluding hydrogens is 180 g/mol. The van der Waals surface area contributed by atoms with Crippen molar-refractivity contribution in [2.24, 2.45) is 10.9 Å². The third-order valence-electron chi connectivity index (χ3n) is 2.39. The minimum atomic E-state index is -0.384. The molecule has 0 spiro atoms. The molecule has 2 rings (SSSR count). The third-order valence-corrected chi connectivity index (χ3v) is 2.39. The monoisotopic (exact) mass is 192 g/mol. The summed E-state index contributed by atoms with van der Waals surface area (Å²) >= 11 is 0. The van der Waals surface area contributed by atoms with Crippen LogP contribution in [-0.4, -0.2) is 23.3 Å². The average Bonchev–Trinajstić information content (AvgIpc) is 2.47. The summed E-state index contributed by atoms with van der Waals surface area (Å²) < 4.78 is 0. The van der Waals surface area contributed by atoms with Crippen LogP contribution in [0.2, 0.25) is 0 Å². The average molecular weight is 192 g/mol. The Bertz CT molecular complexity index is 378. The highest BCUT2D eigenvalue weighted by molar-refractivity contribution is 5.95. The van der Waals surface area contributed by atoms with Crippen molar-refractivity contribution in [1.29, 1.82) is 0 Å². The highest BCUT2D eigenvalue weighted by Gasteiger charge is 2.31. The fraction of sp³-hybridized carbons (Fsp3) is 0.400. The third kappa shape index (κ3) is 1.23. The lowest BCUT2D eigenvalue weighted by molar-refractivity contribution is -0.116. The molecule has 0 saturated heterocycles. The number of hydrogen-bond acceptors (Lipinski definition) is 3. The van der Waals surface area contributed by atoms with E-state index in [1.165, 1.54) is 6.08 Å². The summed E-state index contributed by atoms with van der Waals surface area (Å²) in [6, 6.07) is -0.384. The quantitative estimate of drug-likeness (QED) is 0.649. The zero-order valence-corrected chi connectivity index (χ0v) is 8.11. The first kappa shape index (κ1) is 8.99. The molecule has 4 heteroatoms. The summed E-state index contributed by atoms with van der Waals surface area (Å²) in [4.78, 5) is 15.3. The maximum absolute atomic E-state index is 11.1. The minimum Gasteiger partial charge on any atom is -0.509 e. The number of aliphatic imine (C=N–C) groups is 1. The molecule has 2 heterocycles. The van der Waals surface area contributed by atoms with Gasteiger partial charge in [-0.15, -0.1) is 0 Å². The zero-order valence-electron chi connectivity index (χ0n) is 8.11. The number of aliphatic hydroxyl groups is 1. The Labute approximate surface area is 82.0 Å². The molecule has 74 valence electrons. The molecule has 0 aromatic carbocycles. The molecule has 2 N–H and O–H groups in total. The molecular formula is C10H12N2O2. The topological polar surface area (TPSA) is 61.7 Å². The van der Waals surface area contributed by atoms with E-state index in [2.05, 4.69) is 10.3 Å². The highest BCUT2D eigenvalue weighted by atomic mass is 16.3. The standard InChI is InChI=1S/C10H12N2O2/c1-5(2)6-4-11-10-7(13)3-8(14)12-9(6)10/h3-5,10,13H,1-2H3,(H,12,14). The van der Waals surface area contributed by atoms with Crippen molar-refractivity contribution in [3.05, 3.63) is 23.1 Å². The van der Waals surface area contributed by atoms with Crippen molar-refractivity contribution in [3.63, 3.8) is 0 Å². The Morgan fingerprint density at radius 1 is 1.57 bits per heavy atom. The van der Waals surface area contributed by atoms with E-state index in [0.717, 1.165) is 11.3 Å². The van der Waals surface area contributed by atoms with E-state index in [1.807, 2.05) is 13.8 Å². The Kier molecular flexibility index (Phi) is 1.91. The summed E-state index contributed by atoms with van der Waals surface area (Å²) in [7, 11) is 0. The highest BCUT2D eigenvalue weighted by Crippen LogP contribution is 2.27. The number of amides is 1. The first-order valence-electron chi connectivity index (χ1n) is 4.58. The second kappa shape index (κ2) is 2.97. The van der Waals surface area contributed by atoms with E-state index in [-0.39, 0.29) is 17.7 Å². The number of nitrogens with zero attached hydrogens (tertiary/aromatic N) is 1. The van der Waals surface area contributed by atoms with Crippen LogP contribution in [0.15, 0.2) is 28.1 Å².